The quantitative estimate of drug-likeness (QED) is 0.920. The fourth-order valence-electron chi connectivity index (χ4n) is 3.97. The molecule has 3 atom stereocenters. The zero-order valence-electron chi connectivity index (χ0n) is 14.7. The van der Waals surface area contributed by atoms with Gasteiger partial charge in [-0.3, -0.25) is 14.6 Å². The van der Waals surface area contributed by atoms with E-state index in [1.54, 1.807) is 12.1 Å². The number of carbonyl (C=O) groups is 2. The van der Waals surface area contributed by atoms with E-state index in [-0.39, 0.29) is 23.6 Å². The van der Waals surface area contributed by atoms with Gasteiger partial charge >= 0.3 is 0 Å². The number of benzene rings is 1. The zero-order chi connectivity index (χ0) is 18.4. The van der Waals surface area contributed by atoms with E-state index in [1.807, 2.05) is 4.90 Å². The smallest absolute Gasteiger partial charge is 0.250 e. The van der Waals surface area contributed by atoms with Crippen LogP contribution < -0.4 is 5.73 Å². The van der Waals surface area contributed by atoms with Crippen molar-refractivity contribution < 1.29 is 14.0 Å². The third kappa shape index (κ3) is 3.04. The van der Waals surface area contributed by atoms with Crippen molar-refractivity contribution in [2.75, 3.05) is 13.1 Å². The molecule has 2 aromatic rings. The average Bonchev–Trinajstić information content (AvgIpc) is 3.36. The topological polar surface area (TPSA) is 76.3 Å². The molecular weight excluding hydrogens is 333 g/mol. The maximum Gasteiger partial charge on any atom is 0.250 e. The van der Waals surface area contributed by atoms with Crippen LogP contribution in [-0.4, -0.2) is 34.8 Å². The van der Waals surface area contributed by atoms with E-state index in [0.29, 0.717) is 34.6 Å². The zero-order valence-corrected chi connectivity index (χ0v) is 14.7. The Bertz CT molecular complexity index is 898. The lowest BCUT2D eigenvalue weighted by molar-refractivity contribution is -0.134. The normalized spacial score (nSPS) is 25.3. The molecule has 2 aliphatic rings. The summed E-state index contributed by atoms with van der Waals surface area (Å²) in [5.74, 6) is -0.146. The van der Waals surface area contributed by atoms with Crippen LogP contribution in [0.3, 0.4) is 0 Å². The standard InChI is InChI=1S/C20H22FN3O2/c1-11-7-15(11)20(26)24-6-2-3-12(10-24)18-16(19(22)25)9-13-8-14(21)4-5-17(13)23-18/h4-5,8-9,11-12,15H,2-3,6-7,10H2,1H3,(H2,22,25)/t11-,12+,15+/m1/s1. The fraction of sp³-hybridized carbons (Fsp3) is 0.450. The monoisotopic (exact) mass is 355 g/mol. The minimum atomic E-state index is -0.571. The van der Waals surface area contributed by atoms with Crippen molar-refractivity contribution in [2.24, 2.45) is 17.6 Å². The summed E-state index contributed by atoms with van der Waals surface area (Å²) >= 11 is 0. The molecule has 1 saturated heterocycles. The molecule has 136 valence electrons. The molecule has 1 saturated carbocycles. The Hall–Kier alpha value is -2.50. The molecule has 2 fully saturated rings. The first-order valence-corrected chi connectivity index (χ1v) is 9.13. The van der Waals surface area contributed by atoms with Gasteiger partial charge in [0, 0.05) is 30.3 Å². The molecule has 0 spiro atoms. The first-order chi connectivity index (χ1) is 12.4. The van der Waals surface area contributed by atoms with E-state index in [0.717, 1.165) is 25.8 Å². The lowest BCUT2D eigenvalue weighted by Gasteiger charge is -2.33. The number of pyridine rings is 1. The van der Waals surface area contributed by atoms with Crippen molar-refractivity contribution in [1.82, 2.24) is 9.88 Å². The number of hydrogen-bond acceptors (Lipinski definition) is 3. The second kappa shape index (κ2) is 6.34. The Labute approximate surface area is 151 Å². The number of amides is 2. The molecule has 0 radical (unpaired) electrons. The third-order valence-corrected chi connectivity index (χ3v) is 5.62. The van der Waals surface area contributed by atoms with Crippen LogP contribution in [0.5, 0.6) is 0 Å². The van der Waals surface area contributed by atoms with Crippen molar-refractivity contribution >= 4 is 22.7 Å². The van der Waals surface area contributed by atoms with Gasteiger partial charge in [0.15, 0.2) is 0 Å². The molecule has 1 aromatic carbocycles. The highest BCUT2D eigenvalue weighted by Crippen LogP contribution is 2.40. The van der Waals surface area contributed by atoms with Crippen molar-refractivity contribution in [3.8, 4) is 0 Å². The van der Waals surface area contributed by atoms with Crippen LogP contribution in [-0.2, 0) is 4.79 Å². The van der Waals surface area contributed by atoms with E-state index >= 15 is 0 Å². The van der Waals surface area contributed by atoms with Crippen LogP contribution in [0, 0.1) is 17.7 Å². The summed E-state index contributed by atoms with van der Waals surface area (Å²) < 4.78 is 13.5. The molecule has 2 heterocycles. The van der Waals surface area contributed by atoms with Gasteiger partial charge in [-0.2, -0.15) is 0 Å². The predicted octanol–water partition coefficient (Wildman–Crippen LogP) is 2.83. The number of likely N-dealkylation sites (tertiary alicyclic amines) is 1. The van der Waals surface area contributed by atoms with Crippen LogP contribution >= 0.6 is 0 Å². The Morgan fingerprint density at radius 1 is 1.31 bits per heavy atom. The average molecular weight is 355 g/mol. The maximum absolute atomic E-state index is 13.5. The highest BCUT2D eigenvalue weighted by molar-refractivity contribution is 5.98. The van der Waals surface area contributed by atoms with Gasteiger partial charge in [0.1, 0.15) is 5.82 Å². The van der Waals surface area contributed by atoms with Crippen molar-refractivity contribution in [1.29, 1.82) is 0 Å². The first kappa shape index (κ1) is 16.9. The molecule has 1 aromatic heterocycles. The number of carbonyl (C=O) groups excluding carboxylic acids is 2. The number of nitrogens with zero attached hydrogens (tertiary/aromatic N) is 2. The molecule has 5 nitrogen and oxygen atoms in total. The summed E-state index contributed by atoms with van der Waals surface area (Å²) in [6, 6.07) is 5.93. The van der Waals surface area contributed by atoms with E-state index < -0.39 is 5.91 Å². The van der Waals surface area contributed by atoms with Crippen LogP contribution in [0.4, 0.5) is 4.39 Å². The number of rotatable bonds is 3. The van der Waals surface area contributed by atoms with Gasteiger partial charge in [0.05, 0.1) is 16.8 Å². The van der Waals surface area contributed by atoms with Crippen LogP contribution in [0.2, 0.25) is 0 Å². The number of hydrogen-bond donors (Lipinski definition) is 1. The summed E-state index contributed by atoms with van der Waals surface area (Å²) in [5, 5.41) is 0.554. The lowest BCUT2D eigenvalue weighted by Crippen LogP contribution is -2.40. The number of aromatic nitrogens is 1. The Morgan fingerprint density at radius 3 is 2.77 bits per heavy atom. The molecule has 4 rings (SSSR count). The third-order valence-electron chi connectivity index (χ3n) is 5.62. The van der Waals surface area contributed by atoms with E-state index in [4.69, 9.17) is 5.73 Å². The van der Waals surface area contributed by atoms with Gasteiger partial charge < -0.3 is 10.6 Å². The molecular formula is C20H22FN3O2. The molecule has 1 aliphatic heterocycles. The van der Waals surface area contributed by atoms with E-state index in [1.165, 1.54) is 12.1 Å². The van der Waals surface area contributed by atoms with Gasteiger partial charge in [-0.05, 0) is 49.4 Å². The second-order valence-corrected chi connectivity index (χ2v) is 7.57. The van der Waals surface area contributed by atoms with E-state index in [9.17, 15) is 14.0 Å². The van der Waals surface area contributed by atoms with Crippen molar-refractivity contribution in [3.05, 3.63) is 41.3 Å². The Kier molecular flexibility index (Phi) is 4.13. The minimum absolute atomic E-state index is 0.0290. The highest BCUT2D eigenvalue weighted by atomic mass is 19.1. The maximum atomic E-state index is 13.5. The minimum Gasteiger partial charge on any atom is -0.366 e. The molecule has 1 aliphatic carbocycles. The Morgan fingerprint density at radius 2 is 2.08 bits per heavy atom. The van der Waals surface area contributed by atoms with Gasteiger partial charge in [0.25, 0.3) is 5.91 Å². The summed E-state index contributed by atoms with van der Waals surface area (Å²) in [6.45, 7) is 3.41. The summed E-state index contributed by atoms with van der Waals surface area (Å²) in [7, 11) is 0. The van der Waals surface area contributed by atoms with Crippen LogP contribution in [0.1, 0.15) is 48.2 Å². The lowest BCUT2D eigenvalue weighted by atomic mass is 9.90. The second-order valence-electron chi connectivity index (χ2n) is 7.57. The van der Waals surface area contributed by atoms with Crippen molar-refractivity contribution in [2.45, 2.75) is 32.1 Å². The Balaban J connectivity index is 1.68. The highest BCUT2D eigenvalue weighted by Gasteiger charge is 2.42. The number of fused-ring (bicyclic) bond motifs is 1. The number of piperidine rings is 1. The van der Waals surface area contributed by atoms with Gasteiger partial charge in [-0.15, -0.1) is 0 Å². The first-order valence-electron chi connectivity index (χ1n) is 9.13. The molecule has 0 unspecified atom stereocenters. The van der Waals surface area contributed by atoms with Crippen molar-refractivity contribution in [3.63, 3.8) is 0 Å². The number of nitrogens with two attached hydrogens (primary N) is 1. The molecule has 26 heavy (non-hydrogen) atoms. The van der Waals surface area contributed by atoms with Gasteiger partial charge in [-0.25, -0.2) is 4.39 Å². The van der Waals surface area contributed by atoms with Gasteiger partial charge in [0.2, 0.25) is 5.91 Å². The number of primary amides is 1. The summed E-state index contributed by atoms with van der Waals surface area (Å²) in [5.41, 5.74) is 7.14. The summed E-state index contributed by atoms with van der Waals surface area (Å²) in [4.78, 5) is 31.1. The SMILES string of the molecule is C[C@@H]1C[C@@H]1C(=O)N1CCC[C@H](c2nc3ccc(F)cc3cc2C(N)=O)C1. The molecule has 6 heteroatoms. The molecule has 2 N–H and O–H groups in total. The summed E-state index contributed by atoms with van der Waals surface area (Å²) in [6.07, 6.45) is 2.69. The fourth-order valence-corrected chi connectivity index (χ4v) is 3.97. The molecule has 0 bridgehead atoms. The number of halogens is 1. The van der Waals surface area contributed by atoms with Crippen LogP contribution in [0.25, 0.3) is 10.9 Å². The predicted molar refractivity (Wildman–Crippen MR) is 96.0 cm³/mol. The van der Waals surface area contributed by atoms with E-state index in [2.05, 4.69) is 11.9 Å². The largest absolute Gasteiger partial charge is 0.366 e. The van der Waals surface area contributed by atoms with Gasteiger partial charge in [-0.1, -0.05) is 6.92 Å². The molecule has 2 amide bonds. The van der Waals surface area contributed by atoms with Crippen LogP contribution in [0.15, 0.2) is 24.3 Å².